The Kier molecular flexibility index (Phi) is 2.24. The van der Waals surface area contributed by atoms with Crippen molar-refractivity contribution in [3.8, 4) is 0 Å². The van der Waals surface area contributed by atoms with Gasteiger partial charge in [0.1, 0.15) is 5.84 Å². The summed E-state index contributed by atoms with van der Waals surface area (Å²) in [7, 11) is 0. The number of rotatable bonds is 1. The van der Waals surface area contributed by atoms with E-state index in [0.717, 1.165) is 5.84 Å². The Morgan fingerprint density at radius 2 is 2.45 bits per heavy atom. The van der Waals surface area contributed by atoms with Crippen LogP contribution in [-0.4, -0.2) is 35.8 Å². The highest BCUT2D eigenvalue weighted by atomic mass is 16.2. The molecule has 1 aliphatic heterocycles. The third-order valence-corrected chi connectivity index (χ3v) is 1.71. The Labute approximate surface area is 66.1 Å². The van der Waals surface area contributed by atoms with Gasteiger partial charge in [-0.15, -0.1) is 0 Å². The topological polar surface area (TPSA) is 58.7 Å². The van der Waals surface area contributed by atoms with Crippen molar-refractivity contribution >= 4 is 11.7 Å². The van der Waals surface area contributed by atoms with E-state index in [0.29, 0.717) is 13.1 Å². The molecule has 0 unspecified atom stereocenters. The summed E-state index contributed by atoms with van der Waals surface area (Å²) in [6.07, 6.45) is 0. The Morgan fingerprint density at radius 1 is 1.82 bits per heavy atom. The van der Waals surface area contributed by atoms with E-state index in [-0.39, 0.29) is 5.91 Å². The first kappa shape index (κ1) is 8.20. The first-order valence-electron chi connectivity index (χ1n) is 3.71. The van der Waals surface area contributed by atoms with Crippen molar-refractivity contribution in [2.75, 3.05) is 13.1 Å². The van der Waals surface area contributed by atoms with Crippen LogP contribution in [0.3, 0.4) is 0 Å². The zero-order chi connectivity index (χ0) is 8.43. The van der Waals surface area contributed by atoms with Crippen LogP contribution in [0.4, 0.5) is 0 Å². The lowest BCUT2D eigenvalue weighted by molar-refractivity contribution is -0.127. The fourth-order valence-corrected chi connectivity index (χ4v) is 1.07. The molecule has 1 aliphatic rings. The van der Waals surface area contributed by atoms with E-state index in [1.165, 1.54) is 0 Å². The fourth-order valence-electron chi connectivity index (χ4n) is 1.07. The van der Waals surface area contributed by atoms with Crippen molar-refractivity contribution in [1.82, 2.24) is 4.90 Å². The minimum Gasteiger partial charge on any atom is -0.320 e. The maximum absolute atomic E-state index is 11.3. The van der Waals surface area contributed by atoms with Crippen molar-refractivity contribution < 1.29 is 4.79 Å². The van der Waals surface area contributed by atoms with Crippen LogP contribution >= 0.6 is 0 Å². The number of carbonyl (C=O) groups excluding carboxylic acids is 1. The van der Waals surface area contributed by atoms with Gasteiger partial charge in [-0.1, -0.05) is 0 Å². The molecule has 0 saturated heterocycles. The van der Waals surface area contributed by atoms with Crippen molar-refractivity contribution in [3.05, 3.63) is 0 Å². The third-order valence-electron chi connectivity index (χ3n) is 1.71. The number of aliphatic imine (C=N–C) groups is 1. The molecule has 0 aliphatic carbocycles. The maximum atomic E-state index is 11.3. The molecule has 0 spiro atoms. The van der Waals surface area contributed by atoms with Crippen molar-refractivity contribution in [1.29, 1.82) is 0 Å². The molecule has 1 heterocycles. The Balaban J connectivity index is 2.62. The molecular weight excluding hydrogens is 142 g/mol. The van der Waals surface area contributed by atoms with Crippen LogP contribution in [0.15, 0.2) is 4.99 Å². The van der Waals surface area contributed by atoms with Gasteiger partial charge in [0.15, 0.2) is 0 Å². The SMILES string of the molecule is CC1=NCCN1C(=O)[C@@H](C)N. The molecule has 4 nitrogen and oxygen atoms in total. The molecule has 11 heavy (non-hydrogen) atoms. The zero-order valence-corrected chi connectivity index (χ0v) is 6.87. The average molecular weight is 155 g/mol. The first-order valence-corrected chi connectivity index (χ1v) is 3.71. The van der Waals surface area contributed by atoms with Gasteiger partial charge in [-0.2, -0.15) is 0 Å². The van der Waals surface area contributed by atoms with E-state index in [2.05, 4.69) is 4.99 Å². The van der Waals surface area contributed by atoms with Crippen LogP contribution in [-0.2, 0) is 4.79 Å². The molecule has 2 N–H and O–H groups in total. The fraction of sp³-hybridized carbons (Fsp3) is 0.714. The molecule has 0 fully saturated rings. The number of hydrogen-bond donors (Lipinski definition) is 1. The van der Waals surface area contributed by atoms with Gasteiger partial charge >= 0.3 is 0 Å². The van der Waals surface area contributed by atoms with E-state index >= 15 is 0 Å². The summed E-state index contributed by atoms with van der Waals surface area (Å²) in [5, 5.41) is 0. The van der Waals surface area contributed by atoms with Gasteiger partial charge in [0.25, 0.3) is 0 Å². The Bertz CT molecular complexity index is 198. The highest BCUT2D eigenvalue weighted by Gasteiger charge is 2.22. The molecule has 62 valence electrons. The number of amidine groups is 1. The minimum absolute atomic E-state index is 0.0382. The second-order valence-electron chi connectivity index (χ2n) is 2.71. The monoisotopic (exact) mass is 155 g/mol. The molecule has 1 atom stereocenters. The lowest BCUT2D eigenvalue weighted by atomic mass is 10.3. The first-order chi connectivity index (χ1) is 5.13. The van der Waals surface area contributed by atoms with Gasteiger partial charge in [-0.25, -0.2) is 0 Å². The summed E-state index contributed by atoms with van der Waals surface area (Å²) in [5.41, 5.74) is 5.43. The van der Waals surface area contributed by atoms with Crippen molar-refractivity contribution in [2.24, 2.45) is 10.7 Å². The predicted octanol–water partition coefficient (Wildman–Crippen LogP) is -0.406. The van der Waals surface area contributed by atoms with Gasteiger partial charge in [0, 0.05) is 6.54 Å². The van der Waals surface area contributed by atoms with Crippen LogP contribution in [0.5, 0.6) is 0 Å². The minimum atomic E-state index is -0.418. The molecule has 0 aromatic carbocycles. The average Bonchev–Trinajstić information content (AvgIpc) is 2.33. The molecule has 4 heteroatoms. The van der Waals surface area contributed by atoms with Crippen LogP contribution in [0, 0.1) is 0 Å². The summed E-state index contributed by atoms with van der Waals surface area (Å²) in [5.74, 6) is 0.746. The van der Waals surface area contributed by atoms with E-state index in [1.54, 1.807) is 11.8 Å². The highest BCUT2D eigenvalue weighted by Crippen LogP contribution is 2.02. The standard InChI is InChI=1S/C7H13N3O/c1-5(8)7(11)10-4-3-9-6(10)2/h5H,3-4,8H2,1-2H3/t5-/m1/s1. The van der Waals surface area contributed by atoms with E-state index in [1.807, 2.05) is 6.92 Å². The normalized spacial score (nSPS) is 19.9. The second-order valence-corrected chi connectivity index (χ2v) is 2.71. The highest BCUT2D eigenvalue weighted by molar-refractivity contribution is 6.00. The Hall–Kier alpha value is -0.900. The zero-order valence-electron chi connectivity index (χ0n) is 6.87. The van der Waals surface area contributed by atoms with Crippen molar-refractivity contribution in [2.45, 2.75) is 19.9 Å². The number of amides is 1. The molecule has 1 rings (SSSR count). The maximum Gasteiger partial charge on any atom is 0.244 e. The van der Waals surface area contributed by atoms with E-state index < -0.39 is 6.04 Å². The molecule has 0 aromatic heterocycles. The Morgan fingerprint density at radius 3 is 2.82 bits per heavy atom. The van der Waals surface area contributed by atoms with Gasteiger partial charge in [-0.3, -0.25) is 14.7 Å². The van der Waals surface area contributed by atoms with Crippen LogP contribution in [0.1, 0.15) is 13.8 Å². The molecule has 1 amide bonds. The summed E-state index contributed by atoms with van der Waals surface area (Å²) < 4.78 is 0. The summed E-state index contributed by atoms with van der Waals surface area (Å²) in [6, 6.07) is -0.418. The van der Waals surface area contributed by atoms with Gasteiger partial charge < -0.3 is 5.73 Å². The van der Waals surface area contributed by atoms with Crippen LogP contribution < -0.4 is 5.73 Å². The van der Waals surface area contributed by atoms with Crippen LogP contribution in [0.25, 0.3) is 0 Å². The smallest absolute Gasteiger partial charge is 0.244 e. The van der Waals surface area contributed by atoms with E-state index in [4.69, 9.17) is 5.73 Å². The predicted molar refractivity (Wildman–Crippen MR) is 43.3 cm³/mol. The summed E-state index contributed by atoms with van der Waals surface area (Å²) >= 11 is 0. The van der Waals surface area contributed by atoms with Crippen molar-refractivity contribution in [3.63, 3.8) is 0 Å². The number of nitrogens with two attached hydrogens (primary N) is 1. The lowest BCUT2D eigenvalue weighted by Gasteiger charge is -2.17. The molecule has 0 bridgehead atoms. The quantitative estimate of drug-likeness (QED) is 0.560. The summed E-state index contributed by atoms with van der Waals surface area (Å²) in [6.45, 7) is 4.91. The second kappa shape index (κ2) is 3.00. The molecular formula is C7H13N3O. The molecule has 0 aromatic rings. The third kappa shape index (κ3) is 1.57. The largest absolute Gasteiger partial charge is 0.320 e. The number of nitrogens with zero attached hydrogens (tertiary/aromatic N) is 2. The van der Waals surface area contributed by atoms with Crippen LogP contribution in [0.2, 0.25) is 0 Å². The lowest BCUT2D eigenvalue weighted by Crippen LogP contribution is -2.43. The number of carbonyl (C=O) groups is 1. The molecule has 0 saturated carbocycles. The van der Waals surface area contributed by atoms with Gasteiger partial charge in [0.2, 0.25) is 5.91 Å². The number of hydrogen-bond acceptors (Lipinski definition) is 3. The molecule has 0 radical (unpaired) electrons. The van der Waals surface area contributed by atoms with E-state index in [9.17, 15) is 4.79 Å². The summed E-state index contributed by atoms with van der Waals surface area (Å²) in [4.78, 5) is 17.0. The van der Waals surface area contributed by atoms with Gasteiger partial charge in [-0.05, 0) is 13.8 Å². The van der Waals surface area contributed by atoms with Gasteiger partial charge in [0.05, 0.1) is 12.6 Å².